The Labute approximate surface area is 111 Å². The van der Waals surface area contributed by atoms with Gasteiger partial charge >= 0.3 is 0 Å². The maximum atomic E-state index is 5.74. The predicted molar refractivity (Wildman–Crippen MR) is 72.9 cm³/mol. The maximum absolute atomic E-state index is 5.74. The normalized spacial score (nSPS) is 25.5. The van der Waals surface area contributed by atoms with E-state index >= 15 is 0 Å². The van der Waals surface area contributed by atoms with E-state index in [1.807, 2.05) is 0 Å². The van der Waals surface area contributed by atoms with Crippen molar-refractivity contribution in [3.8, 4) is 0 Å². The number of rotatable bonds is 9. The number of likely N-dealkylation sites (N-methyl/N-ethyl adjacent to an activating group) is 1. The topological polar surface area (TPSA) is 33.7 Å². The predicted octanol–water partition coefficient (Wildman–Crippen LogP) is 1.11. The first-order chi connectivity index (χ1) is 8.88. The number of morpholine rings is 1. The van der Waals surface area contributed by atoms with Gasteiger partial charge in [0.2, 0.25) is 0 Å². The summed E-state index contributed by atoms with van der Waals surface area (Å²) in [6, 6.07) is 0. The first-order valence-corrected chi connectivity index (χ1v) is 7.51. The van der Waals surface area contributed by atoms with Gasteiger partial charge in [-0.25, -0.2) is 0 Å². The molecule has 0 aromatic heterocycles. The zero-order valence-electron chi connectivity index (χ0n) is 11.7. The van der Waals surface area contributed by atoms with E-state index in [9.17, 15) is 0 Å². The summed E-state index contributed by atoms with van der Waals surface area (Å²) >= 11 is 0. The summed E-state index contributed by atoms with van der Waals surface area (Å²) in [6.45, 7) is 10.3. The Kier molecular flexibility index (Phi) is 6.41. The summed E-state index contributed by atoms with van der Waals surface area (Å²) in [5, 5.41) is 3.47. The molecule has 4 nitrogen and oxygen atoms in total. The minimum Gasteiger partial charge on any atom is -0.381 e. The van der Waals surface area contributed by atoms with Crippen molar-refractivity contribution in [3.63, 3.8) is 0 Å². The zero-order valence-corrected chi connectivity index (χ0v) is 11.7. The van der Waals surface area contributed by atoms with E-state index in [1.54, 1.807) is 0 Å². The third kappa shape index (κ3) is 5.65. The SMILES string of the molecule is CCN1CCOC(CNCCCOCC2CC2)C1. The minimum atomic E-state index is 0.367. The highest BCUT2D eigenvalue weighted by Crippen LogP contribution is 2.28. The van der Waals surface area contributed by atoms with Crippen LogP contribution < -0.4 is 5.32 Å². The van der Waals surface area contributed by atoms with Crippen molar-refractivity contribution in [2.45, 2.75) is 32.3 Å². The van der Waals surface area contributed by atoms with E-state index in [2.05, 4.69) is 17.1 Å². The van der Waals surface area contributed by atoms with Crippen LogP contribution in [0.25, 0.3) is 0 Å². The Hall–Kier alpha value is -0.160. The third-order valence-corrected chi connectivity index (χ3v) is 3.73. The second kappa shape index (κ2) is 8.10. The molecule has 1 saturated carbocycles. The number of ether oxygens (including phenoxy) is 2. The standard InChI is InChI=1S/C14H28N2O2/c1-2-16-7-9-18-14(11-16)10-15-6-3-8-17-12-13-4-5-13/h13-15H,2-12H2,1H3. The van der Waals surface area contributed by atoms with Crippen molar-refractivity contribution >= 4 is 0 Å². The molecule has 0 spiro atoms. The Bertz CT molecular complexity index is 222. The monoisotopic (exact) mass is 256 g/mol. The van der Waals surface area contributed by atoms with Gasteiger partial charge in [-0.2, -0.15) is 0 Å². The van der Waals surface area contributed by atoms with Crippen molar-refractivity contribution in [1.82, 2.24) is 10.2 Å². The summed E-state index contributed by atoms with van der Waals surface area (Å²) in [5.41, 5.74) is 0. The second-order valence-electron chi connectivity index (χ2n) is 5.46. The van der Waals surface area contributed by atoms with Crippen molar-refractivity contribution in [3.05, 3.63) is 0 Å². The summed E-state index contributed by atoms with van der Waals surface area (Å²) in [6.07, 6.45) is 4.24. The molecule has 1 saturated heterocycles. The Morgan fingerprint density at radius 1 is 1.39 bits per heavy atom. The first kappa shape index (κ1) is 14.3. The maximum Gasteiger partial charge on any atom is 0.0826 e. The Morgan fingerprint density at radius 2 is 2.28 bits per heavy atom. The van der Waals surface area contributed by atoms with E-state index in [-0.39, 0.29) is 0 Å². The summed E-state index contributed by atoms with van der Waals surface area (Å²) in [5.74, 6) is 0.883. The van der Waals surface area contributed by atoms with E-state index in [0.717, 1.165) is 64.9 Å². The van der Waals surface area contributed by atoms with E-state index < -0.39 is 0 Å². The lowest BCUT2D eigenvalue weighted by Gasteiger charge is -2.32. The molecule has 1 aliphatic heterocycles. The molecule has 1 heterocycles. The largest absolute Gasteiger partial charge is 0.381 e. The van der Waals surface area contributed by atoms with Crippen molar-refractivity contribution in [2.24, 2.45) is 5.92 Å². The molecular formula is C14H28N2O2. The number of nitrogens with one attached hydrogen (secondary N) is 1. The average Bonchev–Trinajstić information content (AvgIpc) is 3.22. The first-order valence-electron chi connectivity index (χ1n) is 7.51. The van der Waals surface area contributed by atoms with Crippen LogP contribution in [-0.4, -0.2) is 63.5 Å². The van der Waals surface area contributed by atoms with Gasteiger partial charge in [0.15, 0.2) is 0 Å². The highest BCUT2D eigenvalue weighted by molar-refractivity contribution is 4.73. The fourth-order valence-electron chi connectivity index (χ4n) is 2.29. The van der Waals surface area contributed by atoms with Crippen molar-refractivity contribution in [2.75, 3.05) is 52.5 Å². The van der Waals surface area contributed by atoms with Crippen LogP contribution >= 0.6 is 0 Å². The minimum absolute atomic E-state index is 0.367. The van der Waals surface area contributed by atoms with Gasteiger partial charge < -0.3 is 14.8 Å². The van der Waals surface area contributed by atoms with E-state index in [0.29, 0.717) is 6.10 Å². The summed E-state index contributed by atoms with van der Waals surface area (Å²) in [4.78, 5) is 2.45. The molecule has 0 aromatic rings. The molecule has 0 aromatic carbocycles. The van der Waals surface area contributed by atoms with Crippen LogP contribution in [0.4, 0.5) is 0 Å². The Morgan fingerprint density at radius 3 is 3.06 bits per heavy atom. The molecule has 106 valence electrons. The molecule has 4 heteroatoms. The summed E-state index contributed by atoms with van der Waals surface area (Å²) < 4.78 is 11.3. The molecule has 1 aliphatic carbocycles. The van der Waals surface area contributed by atoms with Gasteiger partial charge in [0, 0.05) is 32.8 Å². The van der Waals surface area contributed by atoms with Gasteiger partial charge in [0.1, 0.15) is 0 Å². The lowest BCUT2D eigenvalue weighted by atomic mass is 10.2. The van der Waals surface area contributed by atoms with Crippen LogP contribution in [0, 0.1) is 5.92 Å². The molecule has 0 amide bonds. The van der Waals surface area contributed by atoms with Crippen molar-refractivity contribution < 1.29 is 9.47 Å². The molecule has 2 fully saturated rings. The van der Waals surface area contributed by atoms with Gasteiger partial charge in [-0.3, -0.25) is 4.90 Å². The fraction of sp³-hybridized carbons (Fsp3) is 1.00. The van der Waals surface area contributed by atoms with Gasteiger partial charge in [0.25, 0.3) is 0 Å². The molecular weight excluding hydrogens is 228 g/mol. The van der Waals surface area contributed by atoms with Crippen LogP contribution in [0.1, 0.15) is 26.2 Å². The molecule has 1 N–H and O–H groups in total. The quantitative estimate of drug-likeness (QED) is 0.627. The number of hydrogen-bond donors (Lipinski definition) is 1. The van der Waals surface area contributed by atoms with Crippen LogP contribution in [-0.2, 0) is 9.47 Å². The van der Waals surface area contributed by atoms with Gasteiger partial charge in [-0.05, 0) is 38.3 Å². The fourth-order valence-corrected chi connectivity index (χ4v) is 2.29. The molecule has 2 rings (SSSR count). The van der Waals surface area contributed by atoms with Gasteiger partial charge in [0.05, 0.1) is 12.7 Å². The third-order valence-electron chi connectivity index (χ3n) is 3.73. The number of nitrogens with zero attached hydrogens (tertiary/aromatic N) is 1. The van der Waals surface area contributed by atoms with Crippen LogP contribution in [0.2, 0.25) is 0 Å². The van der Waals surface area contributed by atoms with Crippen LogP contribution in [0.15, 0.2) is 0 Å². The van der Waals surface area contributed by atoms with E-state index in [4.69, 9.17) is 9.47 Å². The van der Waals surface area contributed by atoms with Crippen molar-refractivity contribution in [1.29, 1.82) is 0 Å². The Balaban J connectivity index is 1.39. The smallest absolute Gasteiger partial charge is 0.0826 e. The molecule has 2 aliphatic rings. The lowest BCUT2D eigenvalue weighted by molar-refractivity contribution is -0.0253. The lowest BCUT2D eigenvalue weighted by Crippen LogP contribution is -2.46. The molecule has 1 atom stereocenters. The van der Waals surface area contributed by atoms with Gasteiger partial charge in [-0.15, -0.1) is 0 Å². The molecule has 18 heavy (non-hydrogen) atoms. The molecule has 1 unspecified atom stereocenters. The van der Waals surface area contributed by atoms with E-state index in [1.165, 1.54) is 12.8 Å². The average molecular weight is 256 g/mol. The van der Waals surface area contributed by atoms with Crippen LogP contribution in [0.5, 0.6) is 0 Å². The van der Waals surface area contributed by atoms with Gasteiger partial charge in [-0.1, -0.05) is 6.92 Å². The highest BCUT2D eigenvalue weighted by atomic mass is 16.5. The molecule has 0 bridgehead atoms. The second-order valence-corrected chi connectivity index (χ2v) is 5.46. The summed E-state index contributed by atoms with van der Waals surface area (Å²) in [7, 11) is 0. The highest BCUT2D eigenvalue weighted by Gasteiger charge is 2.21. The zero-order chi connectivity index (χ0) is 12.6. The molecule has 0 radical (unpaired) electrons. The van der Waals surface area contributed by atoms with Crippen LogP contribution in [0.3, 0.4) is 0 Å². The number of hydrogen-bond acceptors (Lipinski definition) is 4.